The van der Waals surface area contributed by atoms with Gasteiger partial charge in [0, 0.05) is 18.3 Å². The summed E-state index contributed by atoms with van der Waals surface area (Å²) < 4.78 is 43.7. The number of aromatic nitrogens is 3. The highest BCUT2D eigenvalue weighted by Gasteiger charge is 2.46. The third-order valence-electron chi connectivity index (χ3n) is 6.27. The summed E-state index contributed by atoms with van der Waals surface area (Å²) >= 11 is 0. The molecule has 0 saturated carbocycles. The first-order valence-corrected chi connectivity index (χ1v) is 11.1. The molecule has 0 aliphatic carbocycles. The second-order valence-electron chi connectivity index (χ2n) is 8.41. The average molecular weight is 478 g/mol. The quantitative estimate of drug-likeness (QED) is 0.391. The van der Waals surface area contributed by atoms with E-state index in [4.69, 9.17) is 4.52 Å². The molecule has 9 heteroatoms. The predicted molar refractivity (Wildman–Crippen MR) is 121 cm³/mol. The molecule has 6 nitrogen and oxygen atoms in total. The second-order valence-corrected chi connectivity index (χ2v) is 8.41. The Kier molecular flexibility index (Phi) is 5.84. The number of carbonyl (C=O) groups excluding carboxylic acids is 1. The molecule has 0 atom stereocenters. The zero-order valence-electron chi connectivity index (χ0n) is 18.6. The van der Waals surface area contributed by atoms with E-state index < -0.39 is 17.3 Å². The lowest BCUT2D eigenvalue weighted by atomic mass is 9.68. The summed E-state index contributed by atoms with van der Waals surface area (Å²) in [5.74, 6) is 0.255. The van der Waals surface area contributed by atoms with E-state index in [0.717, 1.165) is 29.8 Å². The number of amides is 1. The van der Waals surface area contributed by atoms with Gasteiger partial charge in [0.1, 0.15) is 12.2 Å². The fourth-order valence-corrected chi connectivity index (χ4v) is 4.61. The van der Waals surface area contributed by atoms with E-state index in [9.17, 15) is 18.0 Å². The highest BCUT2D eigenvalue weighted by atomic mass is 19.4. The summed E-state index contributed by atoms with van der Waals surface area (Å²) in [6.07, 6.45) is -2.03. The van der Waals surface area contributed by atoms with Gasteiger partial charge in [0.2, 0.25) is 17.6 Å². The van der Waals surface area contributed by atoms with Gasteiger partial charge in [-0.1, -0.05) is 65.8 Å². The first kappa shape index (κ1) is 22.8. The molecule has 35 heavy (non-hydrogen) atoms. The van der Waals surface area contributed by atoms with Gasteiger partial charge >= 0.3 is 6.18 Å². The van der Waals surface area contributed by atoms with Crippen LogP contribution in [-0.4, -0.2) is 32.5 Å². The summed E-state index contributed by atoms with van der Waals surface area (Å²) in [5.41, 5.74) is 0.301. The number of alkyl halides is 3. The number of hydrogen-bond acceptors (Lipinski definition) is 5. The van der Waals surface area contributed by atoms with E-state index in [1.165, 1.54) is 6.07 Å². The minimum atomic E-state index is -4.53. The minimum absolute atomic E-state index is 0.0582. The molecule has 0 radical (unpaired) electrons. The molecule has 1 aliphatic rings. The third kappa shape index (κ3) is 4.29. The Morgan fingerprint density at radius 3 is 2.17 bits per heavy atom. The molecule has 1 amide bonds. The number of halogens is 3. The first-order chi connectivity index (χ1) is 16.9. The number of hydrogen-bond donors (Lipinski definition) is 0. The molecular formula is C26H21F3N4O2. The largest absolute Gasteiger partial charge is 0.433 e. The summed E-state index contributed by atoms with van der Waals surface area (Å²) in [5, 5.41) is 3.88. The molecule has 1 aliphatic heterocycles. The monoisotopic (exact) mass is 478 g/mol. The van der Waals surface area contributed by atoms with Crippen LogP contribution in [0.4, 0.5) is 13.2 Å². The van der Waals surface area contributed by atoms with Crippen molar-refractivity contribution in [1.82, 2.24) is 20.0 Å². The molecule has 4 aromatic rings. The highest BCUT2D eigenvalue weighted by Crippen LogP contribution is 2.41. The van der Waals surface area contributed by atoms with Gasteiger partial charge in [-0.15, -0.1) is 0 Å². The van der Waals surface area contributed by atoms with Crippen LogP contribution in [0.5, 0.6) is 0 Å². The number of benzene rings is 2. The fraction of sp³-hybridized carbons (Fsp3) is 0.231. The maximum atomic E-state index is 14.0. The van der Waals surface area contributed by atoms with Gasteiger partial charge in [-0.3, -0.25) is 9.78 Å². The van der Waals surface area contributed by atoms with Crippen LogP contribution in [-0.2, 0) is 22.9 Å². The standard InChI is InChI=1S/C26H21F3N4O2/c27-26(28,29)21-13-12-18(16-30-21)23-31-22(35-32-23)17-33-15-7-14-25(24(33)34,19-8-3-1-4-9-19)20-10-5-2-6-11-20/h1-6,8-13,16H,7,14-15,17H2. The Balaban J connectivity index is 1.42. The van der Waals surface area contributed by atoms with Crippen LogP contribution in [0, 0.1) is 0 Å². The van der Waals surface area contributed by atoms with E-state index >= 15 is 0 Å². The van der Waals surface area contributed by atoms with E-state index in [-0.39, 0.29) is 24.2 Å². The molecule has 0 spiro atoms. The number of nitrogens with zero attached hydrogens (tertiary/aromatic N) is 4. The summed E-state index contributed by atoms with van der Waals surface area (Å²) in [6, 6.07) is 21.5. The van der Waals surface area contributed by atoms with Gasteiger partial charge in [-0.2, -0.15) is 18.2 Å². The van der Waals surface area contributed by atoms with Crippen LogP contribution in [0.25, 0.3) is 11.4 Å². The van der Waals surface area contributed by atoms with Gasteiger partial charge in [-0.25, -0.2) is 0 Å². The zero-order chi connectivity index (χ0) is 24.5. The number of piperidine rings is 1. The van der Waals surface area contributed by atoms with Crippen LogP contribution in [0.2, 0.25) is 0 Å². The molecule has 1 fully saturated rings. The number of carbonyl (C=O) groups is 1. The van der Waals surface area contributed by atoms with Gasteiger partial charge < -0.3 is 9.42 Å². The lowest BCUT2D eigenvalue weighted by molar-refractivity contribution is -0.141. The normalized spacial score (nSPS) is 15.9. The van der Waals surface area contributed by atoms with Crippen molar-refractivity contribution >= 4 is 5.91 Å². The molecular weight excluding hydrogens is 457 g/mol. The molecule has 5 rings (SSSR count). The van der Waals surface area contributed by atoms with Crippen molar-refractivity contribution in [2.75, 3.05) is 6.54 Å². The molecule has 0 bridgehead atoms. The Labute approximate surface area is 199 Å². The maximum absolute atomic E-state index is 14.0. The van der Waals surface area contributed by atoms with Crippen LogP contribution in [0.15, 0.2) is 83.5 Å². The van der Waals surface area contributed by atoms with Gasteiger partial charge in [-0.05, 0) is 36.1 Å². The maximum Gasteiger partial charge on any atom is 0.433 e. The molecule has 2 aromatic carbocycles. The Bertz CT molecular complexity index is 1270. The third-order valence-corrected chi connectivity index (χ3v) is 6.27. The number of likely N-dealkylation sites (tertiary alicyclic amines) is 1. The van der Waals surface area contributed by atoms with Crippen LogP contribution in [0.1, 0.15) is 35.6 Å². The van der Waals surface area contributed by atoms with E-state index in [1.807, 2.05) is 60.7 Å². The van der Waals surface area contributed by atoms with Crippen molar-refractivity contribution in [2.45, 2.75) is 31.0 Å². The van der Waals surface area contributed by atoms with Crippen LogP contribution in [0.3, 0.4) is 0 Å². The van der Waals surface area contributed by atoms with Crippen molar-refractivity contribution in [3.05, 3.63) is 102 Å². The van der Waals surface area contributed by atoms with Crippen LogP contribution < -0.4 is 0 Å². The van der Waals surface area contributed by atoms with Crippen molar-refractivity contribution < 1.29 is 22.5 Å². The smallest absolute Gasteiger partial charge is 0.337 e. The van der Waals surface area contributed by atoms with Crippen molar-refractivity contribution in [3.63, 3.8) is 0 Å². The molecule has 2 aromatic heterocycles. The number of rotatable bonds is 5. The Hall–Kier alpha value is -4.01. The van der Waals surface area contributed by atoms with Crippen LogP contribution >= 0.6 is 0 Å². The fourth-order valence-electron chi connectivity index (χ4n) is 4.61. The average Bonchev–Trinajstić information content (AvgIpc) is 3.35. The Morgan fingerprint density at radius 1 is 0.943 bits per heavy atom. The summed E-state index contributed by atoms with van der Waals surface area (Å²) in [6.45, 7) is 0.626. The molecule has 0 unspecified atom stereocenters. The highest BCUT2D eigenvalue weighted by molar-refractivity contribution is 5.92. The van der Waals surface area contributed by atoms with E-state index in [1.54, 1.807) is 4.90 Å². The molecule has 0 N–H and O–H groups in total. The van der Waals surface area contributed by atoms with Crippen molar-refractivity contribution in [1.29, 1.82) is 0 Å². The summed E-state index contributed by atoms with van der Waals surface area (Å²) in [7, 11) is 0. The SMILES string of the molecule is O=C1N(Cc2nc(-c3ccc(C(F)(F)F)nc3)no2)CCCC1(c1ccccc1)c1ccccc1. The molecule has 178 valence electrons. The van der Waals surface area contributed by atoms with Gasteiger partial charge in [0.15, 0.2) is 0 Å². The first-order valence-electron chi connectivity index (χ1n) is 11.1. The van der Waals surface area contributed by atoms with Crippen molar-refractivity contribution in [2.24, 2.45) is 0 Å². The minimum Gasteiger partial charge on any atom is -0.337 e. The molecule has 1 saturated heterocycles. The Morgan fingerprint density at radius 2 is 1.60 bits per heavy atom. The lowest BCUT2D eigenvalue weighted by Gasteiger charge is -2.42. The van der Waals surface area contributed by atoms with Crippen molar-refractivity contribution in [3.8, 4) is 11.4 Å². The lowest BCUT2D eigenvalue weighted by Crippen LogP contribution is -2.51. The summed E-state index contributed by atoms with van der Waals surface area (Å²) in [4.78, 5) is 23.4. The molecule has 3 heterocycles. The van der Waals surface area contributed by atoms with Gasteiger partial charge in [0.25, 0.3) is 0 Å². The predicted octanol–water partition coefficient (Wildman–Crippen LogP) is 5.26. The van der Waals surface area contributed by atoms with E-state index in [2.05, 4.69) is 15.1 Å². The number of pyridine rings is 1. The van der Waals surface area contributed by atoms with Gasteiger partial charge in [0.05, 0.1) is 5.41 Å². The zero-order valence-corrected chi connectivity index (χ0v) is 18.6. The topological polar surface area (TPSA) is 72.1 Å². The second kappa shape index (κ2) is 8.98. The van der Waals surface area contributed by atoms with E-state index in [0.29, 0.717) is 18.5 Å².